The molecule has 0 aromatic carbocycles. The molecule has 0 bridgehead atoms. The lowest BCUT2D eigenvalue weighted by Gasteiger charge is -2.16. The van der Waals surface area contributed by atoms with Crippen molar-refractivity contribution in [1.29, 1.82) is 0 Å². The molecule has 1 fully saturated rings. The van der Waals surface area contributed by atoms with Gasteiger partial charge < -0.3 is 11.1 Å². The zero-order valence-corrected chi connectivity index (χ0v) is 11.4. The van der Waals surface area contributed by atoms with Gasteiger partial charge >= 0.3 is 5.69 Å². The van der Waals surface area contributed by atoms with Crippen LogP contribution in [-0.4, -0.2) is 21.5 Å². The number of carbonyl (C=O) groups excluding carboxylic acids is 1. The number of nitrogens with zero attached hydrogens (tertiary/aromatic N) is 1. The first-order valence-electron chi connectivity index (χ1n) is 6.95. The van der Waals surface area contributed by atoms with Gasteiger partial charge in [0.15, 0.2) is 0 Å². The monoisotopic (exact) mass is 280 g/mol. The van der Waals surface area contributed by atoms with Crippen LogP contribution in [0.1, 0.15) is 38.5 Å². The van der Waals surface area contributed by atoms with E-state index < -0.39 is 11.2 Å². The van der Waals surface area contributed by atoms with Gasteiger partial charge in [0.1, 0.15) is 12.2 Å². The predicted octanol–water partition coefficient (Wildman–Crippen LogP) is -0.0422. The van der Waals surface area contributed by atoms with Crippen LogP contribution in [0.5, 0.6) is 0 Å². The maximum absolute atomic E-state index is 11.9. The van der Waals surface area contributed by atoms with Crippen molar-refractivity contribution < 1.29 is 4.79 Å². The molecule has 0 aliphatic heterocycles. The van der Waals surface area contributed by atoms with E-state index in [1.165, 1.54) is 19.0 Å². The fourth-order valence-corrected chi connectivity index (χ4v) is 2.50. The zero-order valence-electron chi connectivity index (χ0n) is 11.4. The number of nitrogens with one attached hydrogen (secondary N) is 2. The van der Waals surface area contributed by atoms with Gasteiger partial charge in [-0.1, -0.05) is 25.7 Å². The standard InChI is InChI=1S/C13H20N4O3/c14-10-7-17(13(20)16-12(10)19)8-11(18)15-9-5-3-1-2-4-6-9/h7,9H,1-6,8,14H2,(H,15,18)(H,16,19,20). The third kappa shape index (κ3) is 3.72. The average molecular weight is 280 g/mol. The van der Waals surface area contributed by atoms with E-state index in [0.717, 1.165) is 30.3 Å². The molecule has 1 saturated carbocycles. The zero-order chi connectivity index (χ0) is 14.5. The molecule has 110 valence electrons. The predicted molar refractivity (Wildman–Crippen MR) is 75.4 cm³/mol. The lowest BCUT2D eigenvalue weighted by atomic mass is 10.1. The summed E-state index contributed by atoms with van der Waals surface area (Å²) in [5.41, 5.74) is 4.10. The average Bonchev–Trinajstić information content (AvgIpc) is 2.64. The number of aromatic amines is 1. The van der Waals surface area contributed by atoms with Crippen LogP contribution in [0.2, 0.25) is 0 Å². The molecule has 20 heavy (non-hydrogen) atoms. The third-order valence-corrected chi connectivity index (χ3v) is 3.57. The van der Waals surface area contributed by atoms with Gasteiger partial charge in [-0.15, -0.1) is 0 Å². The molecule has 1 aliphatic carbocycles. The Morgan fingerprint density at radius 1 is 1.30 bits per heavy atom. The van der Waals surface area contributed by atoms with E-state index in [4.69, 9.17) is 5.73 Å². The second kappa shape index (κ2) is 6.40. The number of nitrogen functional groups attached to an aromatic ring is 1. The normalized spacial score (nSPS) is 16.6. The number of H-pyrrole nitrogens is 1. The summed E-state index contributed by atoms with van der Waals surface area (Å²) >= 11 is 0. The molecular formula is C13H20N4O3. The fraction of sp³-hybridized carbons (Fsp3) is 0.615. The SMILES string of the molecule is Nc1cn(CC(=O)NC2CCCCCC2)c(=O)[nH]c1=O. The lowest BCUT2D eigenvalue weighted by molar-refractivity contribution is -0.122. The molecule has 7 nitrogen and oxygen atoms in total. The van der Waals surface area contributed by atoms with Crippen LogP contribution in [-0.2, 0) is 11.3 Å². The number of amides is 1. The van der Waals surface area contributed by atoms with Gasteiger partial charge in [0.25, 0.3) is 5.56 Å². The van der Waals surface area contributed by atoms with E-state index in [0.29, 0.717) is 0 Å². The Balaban J connectivity index is 1.99. The van der Waals surface area contributed by atoms with Crippen molar-refractivity contribution in [1.82, 2.24) is 14.9 Å². The second-order valence-electron chi connectivity index (χ2n) is 5.23. The van der Waals surface area contributed by atoms with Crippen molar-refractivity contribution in [2.45, 2.75) is 51.1 Å². The van der Waals surface area contributed by atoms with E-state index >= 15 is 0 Å². The third-order valence-electron chi connectivity index (χ3n) is 3.57. The summed E-state index contributed by atoms with van der Waals surface area (Å²) in [5, 5.41) is 2.94. The second-order valence-corrected chi connectivity index (χ2v) is 5.23. The van der Waals surface area contributed by atoms with Gasteiger partial charge in [0.2, 0.25) is 5.91 Å². The first kappa shape index (κ1) is 14.4. The fourth-order valence-electron chi connectivity index (χ4n) is 2.50. The van der Waals surface area contributed by atoms with Crippen LogP contribution < -0.4 is 22.3 Å². The van der Waals surface area contributed by atoms with Gasteiger partial charge in [-0.05, 0) is 12.8 Å². The molecule has 0 saturated heterocycles. The Kier molecular flexibility index (Phi) is 4.60. The number of nitrogens with two attached hydrogens (primary N) is 1. The van der Waals surface area contributed by atoms with Crippen LogP contribution >= 0.6 is 0 Å². The highest BCUT2D eigenvalue weighted by Gasteiger charge is 2.15. The van der Waals surface area contributed by atoms with Crippen molar-refractivity contribution in [3.05, 3.63) is 27.0 Å². The van der Waals surface area contributed by atoms with Crippen LogP contribution in [0, 0.1) is 0 Å². The minimum Gasteiger partial charge on any atom is -0.393 e. The maximum atomic E-state index is 11.9. The summed E-state index contributed by atoms with van der Waals surface area (Å²) < 4.78 is 1.11. The van der Waals surface area contributed by atoms with E-state index in [-0.39, 0.29) is 24.2 Å². The Morgan fingerprint density at radius 2 is 1.95 bits per heavy atom. The molecule has 2 rings (SSSR count). The summed E-state index contributed by atoms with van der Waals surface area (Å²) in [6.07, 6.45) is 7.83. The van der Waals surface area contributed by atoms with Crippen LogP contribution in [0.4, 0.5) is 5.69 Å². The van der Waals surface area contributed by atoms with E-state index in [2.05, 4.69) is 10.3 Å². The largest absolute Gasteiger partial charge is 0.393 e. The smallest absolute Gasteiger partial charge is 0.328 e. The summed E-state index contributed by atoms with van der Waals surface area (Å²) in [6.45, 7) is -0.129. The topological polar surface area (TPSA) is 110 Å². The summed E-state index contributed by atoms with van der Waals surface area (Å²) in [5.74, 6) is -0.231. The Hall–Kier alpha value is -2.05. The summed E-state index contributed by atoms with van der Waals surface area (Å²) in [7, 11) is 0. The molecule has 0 spiro atoms. The summed E-state index contributed by atoms with van der Waals surface area (Å²) in [6, 6.07) is 0.181. The Morgan fingerprint density at radius 3 is 2.60 bits per heavy atom. The molecule has 1 aromatic rings. The first-order valence-corrected chi connectivity index (χ1v) is 6.95. The highest BCUT2D eigenvalue weighted by atomic mass is 16.2. The molecule has 0 radical (unpaired) electrons. The van der Waals surface area contributed by atoms with Crippen molar-refractivity contribution in [3.63, 3.8) is 0 Å². The Bertz CT molecular complexity index is 582. The number of hydrogen-bond donors (Lipinski definition) is 3. The van der Waals surface area contributed by atoms with E-state index in [9.17, 15) is 14.4 Å². The maximum Gasteiger partial charge on any atom is 0.328 e. The van der Waals surface area contributed by atoms with Crippen LogP contribution in [0.3, 0.4) is 0 Å². The molecular weight excluding hydrogens is 260 g/mol. The van der Waals surface area contributed by atoms with Crippen LogP contribution in [0.25, 0.3) is 0 Å². The molecule has 1 aromatic heterocycles. The minimum absolute atomic E-state index is 0.0770. The number of aromatic nitrogens is 2. The van der Waals surface area contributed by atoms with Gasteiger partial charge in [-0.3, -0.25) is 19.1 Å². The molecule has 4 N–H and O–H groups in total. The van der Waals surface area contributed by atoms with E-state index in [1.54, 1.807) is 0 Å². The highest BCUT2D eigenvalue weighted by Crippen LogP contribution is 2.17. The van der Waals surface area contributed by atoms with Gasteiger partial charge in [0, 0.05) is 12.2 Å². The number of carbonyl (C=O) groups is 1. The minimum atomic E-state index is -0.629. The van der Waals surface area contributed by atoms with Gasteiger partial charge in [-0.2, -0.15) is 0 Å². The van der Waals surface area contributed by atoms with E-state index in [1.807, 2.05) is 0 Å². The molecule has 1 aliphatic rings. The van der Waals surface area contributed by atoms with Crippen LogP contribution in [0.15, 0.2) is 15.8 Å². The quantitative estimate of drug-likeness (QED) is 0.675. The van der Waals surface area contributed by atoms with Crippen molar-refractivity contribution >= 4 is 11.6 Å². The van der Waals surface area contributed by atoms with Gasteiger partial charge in [0.05, 0.1) is 0 Å². The molecule has 0 unspecified atom stereocenters. The molecule has 0 atom stereocenters. The lowest BCUT2D eigenvalue weighted by Crippen LogP contribution is -2.40. The number of rotatable bonds is 3. The molecule has 1 heterocycles. The van der Waals surface area contributed by atoms with Crippen molar-refractivity contribution in [3.8, 4) is 0 Å². The number of anilines is 1. The molecule has 1 amide bonds. The summed E-state index contributed by atoms with van der Waals surface area (Å²) in [4.78, 5) is 36.7. The number of hydrogen-bond acceptors (Lipinski definition) is 4. The molecule has 7 heteroatoms. The Labute approximate surface area is 116 Å². The van der Waals surface area contributed by atoms with Crippen molar-refractivity contribution in [2.75, 3.05) is 5.73 Å². The first-order chi connectivity index (χ1) is 9.56. The van der Waals surface area contributed by atoms with Gasteiger partial charge in [-0.25, -0.2) is 4.79 Å². The highest BCUT2D eigenvalue weighted by molar-refractivity contribution is 5.76. The van der Waals surface area contributed by atoms with Crippen molar-refractivity contribution in [2.24, 2.45) is 0 Å².